The molecule has 22 heavy (non-hydrogen) atoms. The first kappa shape index (κ1) is 14.4. The van der Waals surface area contributed by atoms with E-state index in [0.29, 0.717) is 22.0 Å². The van der Waals surface area contributed by atoms with Crippen LogP contribution in [-0.4, -0.2) is 19.0 Å². The van der Waals surface area contributed by atoms with Crippen molar-refractivity contribution in [1.82, 2.24) is 0 Å². The van der Waals surface area contributed by atoms with Gasteiger partial charge in [0.25, 0.3) is 5.91 Å². The van der Waals surface area contributed by atoms with E-state index >= 15 is 0 Å². The van der Waals surface area contributed by atoms with Crippen LogP contribution >= 0.6 is 11.6 Å². The Morgan fingerprint density at radius 3 is 2.68 bits per heavy atom. The van der Waals surface area contributed by atoms with E-state index in [1.165, 1.54) is 7.11 Å². The van der Waals surface area contributed by atoms with Gasteiger partial charge in [-0.25, -0.2) is 0 Å². The number of amides is 1. The Morgan fingerprint density at radius 1 is 1.09 bits per heavy atom. The number of carbonyl (C=O) groups excluding carboxylic acids is 2. The molecule has 1 aliphatic rings. The number of ether oxygens (including phenoxy) is 1. The summed E-state index contributed by atoms with van der Waals surface area (Å²) >= 11 is 5.98. The van der Waals surface area contributed by atoms with Gasteiger partial charge < -0.3 is 15.4 Å². The maximum atomic E-state index is 12.3. The highest BCUT2D eigenvalue weighted by Crippen LogP contribution is 2.34. The van der Waals surface area contributed by atoms with Gasteiger partial charge >= 0.3 is 5.97 Å². The van der Waals surface area contributed by atoms with Crippen molar-refractivity contribution in [3.63, 3.8) is 0 Å². The van der Waals surface area contributed by atoms with Crippen LogP contribution in [0.4, 0.5) is 17.1 Å². The molecule has 112 valence electrons. The normalized spacial score (nSPS) is 12.4. The monoisotopic (exact) mass is 316 g/mol. The lowest BCUT2D eigenvalue weighted by Crippen LogP contribution is -2.11. The molecule has 2 aromatic rings. The van der Waals surface area contributed by atoms with Crippen molar-refractivity contribution in [2.75, 3.05) is 17.7 Å². The van der Waals surface area contributed by atoms with Crippen molar-refractivity contribution in [1.29, 1.82) is 0 Å². The molecular formula is C16H13ClN2O3. The van der Waals surface area contributed by atoms with Crippen LogP contribution < -0.4 is 10.6 Å². The maximum Gasteiger partial charge on any atom is 0.309 e. The lowest BCUT2D eigenvalue weighted by Gasteiger charge is -2.10. The fourth-order valence-electron chi connectivity index (χ4n) is 2.31. The number of hydrogen-bond donors (Lipinski definition) is 2. The smallest absolute Gasteiger partial charge is 0.309 e. The Kier molecular flexibility index (Phi) is 3.73. The molecule has 0 aliphatic carbocycles. The van der Waals surface area contributed by atoms with Crippen LogP contribution in [0.5, 0.6) is 0 Å². The van der Waals surface area contributed by atoms with Crippen LogP contribution in [0.15, 0.2) is 36.4 Å². The highest BCUT2D eigenvalue weighted by Gasteiger charge is 2.19. The minimum absolute atomic E-state index is 0.151. The predicted molar refractivity (Wildman–Crippen MR) is 84.8 cm³/mol. The van der Waals surface area contributed by atoms with Gasteiger partial charge in [0, 0.05) is 5.02 Å². The second kappa shape index (κ2) is 5.69. The van der Waals surface area contributed by atoms with Crippen molar-refractivity contribution >= 4 is 40.5 Å². The Balaban J connectivity index is 1.98. The number of methoxy groups -OCH3 is 1. The molecule has 0 fully saturated rings. The van der Waals surface area contributed by atoms with Crippen LogP contribution in [0.2, 0.25) is 5.02 Å². The van der Waals surface area contributed by atoms with Gasteiger partial charge in [0.1, 0.15) is 0 Å². The molecule has 2 aromatic carbocycles. The zero-order valence-corrected chi connectivity index (χ0v) is 12.5. The van der Waals surface area contributed by atoms with Gasteiger partial charge in [-0.2, -0.15) is 0 Å². The Labute approximate surface area is 132 Å². The SMILES string of the molecule is COC(=O)Cc1ccc2c(c1)NC(=O)c1ccc(Cl)cc1N2. The average molecular weight is 317 g/mol. The molecule has 1 amide bonds. The molecule has 3 rings (SSSR count). The lowest BCUT2D eigenvalue weighted by molar-refractivity contribution is -0.139. The standard InChI is InChI=1S/C16H13ClN2O3/c1-22-15(20)7-9-2-5-12-14(6-9)19-16(21)11-4-3-10(17)8-13(11)18-12/h2-6,8,18H,7H2,1H3,(H,19,21). The van der Waals surface area contributed by atoms with Crippen LogP contribution in [0, 0.1) is 0 Å². The number of nitrogens with one attached hydrogen (secondary N) is 2. The molecular weight excluding hydrogens is 304 g/mol. The molecule has 0 unspecified atom stereocenters. The van der Waals surface area contributed by atoms with Gasteiger partial charge in [0.2, 0.25) is 0 Å². The summed E-state index contributed by atoms with van der Waals surface area (Å²) in [4.78, 5) is 23.6. The van der Waals surface area contributed by atoms with Crippen LogP contribution in [0.25, 0.3) is 0 Å². The number of anilines is 3. The van der Waals surface area contributed by atoms with Crippen molar-refractivity contribution in [2.45, 2.75) is 6.42 Å². The average Bonchev–Trinajstić information content (AvgIpc) is 2.62. The van der Waals surface area contributed by atoms with E-state index in [4.69, 9.17) is 11.6 Å². The molecule has 0 bridgehead atoms. The Hall–Kier alpha value is -2.53. The second-order valence-electron chi connectivity index (χ2n) is 4.90. The van der Waals surface area contributed by atoms with Crippen molar-refractivity contribution in [3.05, 3.63) is 52.5 Å². The van der Waals surface area contributed by atoms with Crippen molar-refractivity contribution in [2.24, 2.45) is 0 Å². The molecule has 1 heterocycles. The fraction of sp³-hybridized carbons (Fsp3) is 0.125. The number of carbonyl (C=O) groups is 2. The molecule has 0 aromatic heterocycles. The van der Waals surface area contributed by atoms with Gasteiger partial charge in [-0.15, -0.1) is 0 Å². The molecule has 5 nitrogen and oxygen atoms in total. The van der Waals surface area contributed by atoms with Crippen molar-refractivity contribution in [3.8, 4) is 0 Å². The molecule has 0 spiro atoms. The Bertz CT molecular complexity index is 774. The number of fused-ring (bicyclic) bond motifs is 2. The minimum Gasteiger partial charge on any atom is -0.469 e. The maximum absolute atomic E-state index is 12.3. The summed E-state index contributed by atoms with van der Waals surface area (Å²) in [6, 6.07) is 10.4. The van der Waals surface area contributed by atoms with Gasteiger partial charge in [-0.05, 0) is 35.9 Å². The number of benzene rings is 2. The molecule has 6 heteroatoms. The second-order valence-corrected chi connectivity index (χ2v) is 5.34. The van der Waals surface area contributed by atoms with E-state index in [-0.39, 0.29) is 18.3 Å². The lowest BCUT2D eigenvalue weighted by atomic mass is 10.1. The molecule has 0 atom stereocenters. The van der Waals surface area contributed by atoms with E-state index in [1.54, 1.807) is 24.3 Å². The number of esters is 1. The summed E-state index contributed by atoms with van der Waals surface area (Å²) in [5, 5.41) is 6.56. The third-order valence-corrected chi connectivity index (χ3v) is 3.64. The summed E-state index contributed by atoms with van der Waals surface area (Å²) in [5.41, 5.74) is 3.26. The van der Waals surface area contributed by atoms with E-state index in [2.05, 4.69) is 15.4 Å². The highest BCUT2D eigenvalue weighted by molar-refractivity contribution is 6.31. The molecule has 2 N–H and O–H groups in total. The summed E-state index contributed by atoms with van der Waals surface area (Å²) in [5.74, 6) is -0.559. The fourth-order valence-corrected chi connectivity index (χ4v) is 2.48. The van der Waals surface area contributed by atoms with Crippen LogP contribution in [0.1, 0.15) is 15.9 Å². The van der Waals surface area contributed by atoms with Gasteiger partial charge in [0.15, 0.2) is 0 Å². The third-order valence-electron chi connectivity index (χ3n) is 3.40. The van der Waals surface area contributed by atoms with Crippen LogP contribution in [-0.2, 0) is 16.0 Å². The van der Waals surface area contributed by atoms with E-state index in [0.717, 1.165) is 11.3 Å². The summed E-state index contributed by atoms with van der Waals surface area (Å²) < 4.78 is 4.65. The number of hydrogen-bond acceptors (Lipinski definition) is 4. The number of rotatable bonds is 2. The summed E-state index contributed by atoms with van der Waals surface area (Å²) in [6.07, 6.45) is 0.151. The van der Waals surface area contributed by atoms with Gasteiger partial charge in [-0.3, -0.25) is 9.59 Å². The zero-order valence-electron chi connectivity index (χ0n) is 11.8. The zero-order chi connectivity index (χ0) is 15.7. The molecule has 0 radical (unpaired) electrons. The highest BCUT2D eigenvalue weighted by atomic mass is 35.5. The predicted octanol–water partition coefficient (Wildman–Crippen LogP) is 3.36. The van der Waals surface area contributed by atoms with Crippen LogP contribution in [0.3, 0.4) is 0 Å². The molecule has 1 aliphatic heterocycles. The quantitative estimate of drug-likeness (QED) is 0.834. The molecule has 0 saturated heterocycles. The summed E-state index contributed by atoms with van der Waals surface area (Å²) in [6.45, 7) is 0. The first-order valence-electron chi connectivity index (χ1n) is 6.64. The van der Waals surface area contributed by atoms with E-state index < -0.39 is 0 Å². The minimum atomic E-state index is -0.331. The largest absolute Gasteiger partial charge is 0.469 e. The number of halogens is 1. The van der Waals surface area contributed by atoms with Gasteiger partial charge in [0.05, 0.1) is 36.2 Å². The topological polar surface area (TPSA) is 67.4 Å². The summed E-state index contributed by atoms with van der Waals surface area (Å²) in [7, 11) is 1.34. The van der Waals surface area contributed by atoms with E-state index in [1.807, 2.05) is 12.1 Å². The van der Waals surface area contributed by atoms with Crippen molar-refractivity contribution < 1.29 is 14.3 Å². The Morgan fingerprint density at radius 2 is 1.91 bits per heavy atom. The van der Waals surface area contributed by atoms with Gasteiger partial charge in [-0.1, -0.05) is 17.7 Å². The first-order valence-corrected chi connectivity index (χ1v) is 7.02. The molecule has 0 saturated carbocycles. The third kappa shape index (κ3) is 2.76. The van der Waals surface area contributed by atoms with E-state index in [9.17, 15) is 9.59 Å². The first-order chi connectivity index (χ1) is 10.6.